The minimum atomic E-state index is -3.91. The zero-order valence-corrected chi connectivity index (χ0v) is 26.8. The van der Waals surface area contributed by atoms with Gasteiger partial charge in [-0.1, -0.05) is 82.8 Å². The van der Waals surface area contributed by atoms with Gasteiger partial charge in [-0.25, -0.2) is 8.42 Å². The summed E-state index contributed by atoms with van der Waals surface area (Å²) in [5, 5.41) is 3.37. The summed E-state index contributed by atoms with van der Waals surface area (Å²) in [4.78, 5) is 29.6. The smallest absolute Gasteiger partial charge is 0.244 e. The van der Waals surface area contributed by atoms with E-state index >= 15 is 0 Å². The largest absolute Gasteiger partial charge is 0.495 e. The first kappa shape index (κ1) is 31.8. The Bertz CT molecular complexity index is 1480. The van der Waals surface area contributed by atoms with Crippen LogP contribution in [0.3, 0.4) is 0 Å². The number of sulfonamides is 1. The first-order valence-electron chi connectivity index (χ1n) is 13.7. The van der Waals surface area contributed by atoms with Gasteiger partial charge in [0.25, 0.3) is 0 Å². The predicted octanol–water partition coefficient (Wildman–Crippen LogP) is 5.58. The normalized spacial score (nSPS) is 14.3. The molecule has 1 aliphatic carbocycles. The quantitative estimate of drug-likeness (QED) is 0.271. The number of methoxy groups -OCH3 is 1. The van der Waals surface area contributed by atoms with Crippen LogP contribution in [0.4, 0.5) is 5.69 Å². The van der Waals surface area contributed by atoms with Gasteiger partial charge in [0.15, 0.2) is 0 Å². The average molecular weight is 677 g/mol. The van der Waals surface area contributed by atoms with Gasteiger partial charge in [-0.15, -0.1) is 0 Å². The van der Waals surface area contributed by atoms with Crippen molar-refractivity contribution in [3.05, 3.63) is 93.4 Å². The average Bonchev–Trinajstić information content (AvgIpc) is 3.47. The minimum Gasteiger partial charge on any atom is -0.495 e. The monoisotopic (exact) mass is 675 g/mol. The maximum Gasteiger partial charge on any atom is 0.244 e. The van der Waals surface area contributed by atoms with E-state index in [-0.39, 0.29) is 35.6 Å². The number of anilines is 1. The van der Waals surface area contributed by atoms with Crippen LogP contribution in [0.2, 0.25) is 5.02 Å². The Labute approximate surface area is 261 Å². The molecule has 1 atom stereocenters. The fraction of sp³-hybridized carbons (Fsp3) is 0.355. The molecule has 1 fully saturated rings. The minimum absolute atomic E-state index is 0.0503. The number of nitrogens with zero attached hydrogens (tertiary/aromatic N) is 2. The maximum atomic E-state index is 14.2. The summed E-state index contributed by atoms with van der Waals surface area (Å²) in [5.41, 5.74) is 1.91. The number of carbonyl (C=O) groups is 2. The second kappa shape index (κ2) is 14.4. The van der Waals surface area contributed by atoms with Gasteiger partial charge >= 0.3 is 0 Å². The van der Waals surface area contributed by atoms with Crippen molar-refractivity contribution in [3.8, 4) is 5.75 Å². The molecule has 3 aromatic rings. The van der Waals surface area contributed by atoms with Gasteiger partial charge in [-0.2, -0.15) is 0 Å². The van der Waals surface area contributed by atoms with Crippen molar-refractivity contribution in [1.82, 2.24) is 10.2 Å². The Balaban J connectivity index is 1.72. The van der Waals surface area contributed by atoms with Crippen LogP contribution in [-0.2, 0) is 32.6 Å². The second-order valence-electron chi connectivity index (χ2n) is 10.4. The number of halogens is 2. The molecule has 224 valence electrons. The molecule has 8 nitrogen and oxygen atoms in total. The molecule has 0 heterocycles. The highest BCUT2D eigenvalue weighted by Crippen LogP contribution is 2.30. The van der Waals surface area contributed by atoms with Crippen LogP contribution in [0.15, 0.2) is 77.3 Å². The molecule has 0 spiro atoms. The van der Waals surface area contributed by atoms with E-state index in [2.05, 4.69) is 21.2 Å². The fourth-order valence-corrected chi connectivity index (χ4v) is 6.49. The number of benzene rings is 3. The summed E-state index contributed by atoms with van der Waals surface area (Å²) in [6, 6.07) is 20.7. The third-order valence-electron chi connectivity index (χ3n) is 7.34. The van der Waals surface area contributed by atoms with Crippen molar-refractivity contribution in [1.29, 1.82) is 0 Å². The molecule has 0 aliphatic heterocycles. The van der Waals surface area contributed by atoms with Crippen molar-refractivity contribution >= 4 is 55.1 Å². The number of amides is 2. The first-order valence-corrected chi connectivity index (χ1v) is 16.8. The van der Waals surface area contributed by atoms with Gasteiger partial charge in [0.05, 0.1) is 24.1 Å². The van der Waals surface area contributed by atoms with Crippen LogP contribution >= 0.6 is 27.5 Å². The van der Waals surface area contributed by atoms with E-state index in [1.807, 2.05) is 54.6 Å². The molecule has 0 bridgehead atoms. The standard InChI is InChI=1S/C31H35BrClN3O5S/c1-41-29-17-16-26(19-27(29)33)36(42(2,39)40)21-30(37)35(20-23-12-14-24(32)15-13-23)28(18-22-8-4-3-5-9-22)31(38)34-25-10-6-7-11-25/h3-5,8-9,12-17,19,25,28H,6-7,10-11,18,20-21H2,1-2H3,(H,34,38)/t28-/m1/s1. The Kier molecular flexibility index (Phi) is 10.9. The zero-order chi connectivity index (χ0) is 30.3. The molecule has 42 heavy (non-hydrogen) atoms. The molecular formula is C31H35BrClN3O5S. The van der Waals surface area contributed by atoms with Gasteiger partial charge in [0, 0.05) is 23.5 Å². The lowest BCUT2D eigenvalue weighted by atomic mass is 10.0. The van der Waals surface area contributed by atoms with E-state index in [9.17, 15) is 18.0 Å². The van der Waals surface area contributed by atoms with E-state index < -0.39 is 28.5 Å². The summed E-state index contributed by atoms with van der Waals surface area (Å²) in [7, 11) is -2.44. The van der Waals surface area contributed by atoms with E-state index in [4.69, 9.17) is 16.3 Å². The number of hydrogen-bond donors (Lipinski definition) is 1. The van der Waals surface area contributed by atoms with Crippen molar-refractivity contribution in [2.45, 2.75) is 50.7 Å². The van der Waals surface area contributed by atoms with E-state index in [0.29, 0.717) is 5.75 Å². The lowest BCUT2D eigenvalue weighted by Gasteiger charge is -2.34. The molecule has 0 aromatic heterocycles. The number of hydrogen-bond acceptors (Lipinski definition) is 5. The summed E-state index contributed by atoms with van der Waals surface area (Å²) in [6.45, 7) is -0.400. The van der Waals surface area contributed by atoms with E-state index in [1.54, 1.807) is 6.07 Å². The second-order valence-corrected chi connectivity index (χ2v) is 13.7. The molecule has 0 unspecified atom stereocenters. The van der Waals surface area contributed by atoms with Gasteiger partial charge in [0.1, 0.15) is 18.3 Å². The molecule has 1 aliphatic rings. The summed E-state index contributed by atoms with van der Waals surface area (Å²) in [5.74, 6) is -0.393. The molecule has 1 saturated carbocycles. The van der Waals surface area contributed by atoms with Crippen LogP contribution in [0, 0.1) is 0 Å². The lowest BCUT2D eigenvalue weighted by molar-refractivity contribution is -0.140. The van der Waals surface area contributed by atoms with Gasteiger partial charge < -0.3 is 15.0 Å². The predicted molar refractivity (Wildman–Crippen MR) is 169 cm³/mol. The number of carbonyl (C=O) groups excluding carboxylic acids is 2. The number of ether oxygens (including phenoxy) is 1. The zero-order valence-electron chi connectivity index (χ0n) is 23.6. The van der Waals surface area contributed by atoms with Crippen LogP contribution in [-0.4, -0.2) is 57.1 Å². The summed E-state index contributed by atoms with van der Waals surface area (Å²) >= 11 is 9.75. The van der Waals surface area contributed by atoms with E-state index in [0.717, 1.165) is 51.8 Å². The van der Waals surface area contributed by atoms with Crippen molar-refractivity contribution < 1.29 is 22.7 Å². The third kappa shape index (κ3) is 8.49. The van der Waals surface area contributed by atoms with Crippen LogP contribution in [0.1, 0.15) is 36.8 Å². The van der Waals surface area contributed by atoms with Gasteiger partial charge in [0.2, 0.25) is 21.8 Å². The lowest BCUT2D eigenvalue weighted by Crippen LogP contribution is -2.54. The molecule has 0 saturated heterocycles. The highest BCUT2D eigenvalue weighted by molar-refractivity contribution is 9.10. The Morgan fingerprint density at radius 3 is 2.29 bits per heavy atom. The van der Waals surface area contributed by atoms with Crippen LogP contribution in [0.25, 0.3) is 0 Å². The topological polar surface area (TPSA) is 96.0 Å². The number of rotatable bonds is 12. The summed E-state index contributed by atoms with van der Waals surface area (Å²) < 4.78 is 33.0. The molecule has 3 aromatic carbocycles. The molecule has 2 amide bonds. The maximum absolute atomic E-state index is 14.2. The Morgan fingerprint density at radius 2 is 1.69 bits per heavy atom. The van der Waals surface area contributed by atoms with Crippen LogP contribution in [0.5, 0.6) is 5.75 Å². The molecule has 0 radical (unpaired) electrons. The summed E-state index contributed by atoms with van der Waals surface area (Å²) in [6.07, 6.45) is 5.18. The van der Waals surface area contributed by atoms with Gasteiger partial charge in [-0.05, 0) is 54.3 Å². The third-order valence-corrected chi connectivity index (χ3v) is 9.31. The highest BCUT2D eigenvalue weighted by Gasteiger charge is 2.34. The number of nitrogens with one attached hydrogen (secondary N) is 1. The fourth-order valence-electron chi connectivity index (χ4n) is 5.13. The molecular weight excluding hydrogens is 642 g/mol. The molecule has 1 N–H and O–H groups in total. The van der Waals surface area contributed by atoms with Crippen LogP contribution < -0.4 is 14.4 Å². The highest BCUT2D eigenvalue weighted by atomic mass is 79.9. The SMILES string of the molecule is COc1ccc(N(CC(=O)N(Cc2ccc(Br)cc2)[C@H](Cc2ccccc2)C(=O)NC2CCCC2)S(C)(=O)=O)cc1Cl. The van der Waals surface area contributed by atoms with Crippen molar-refractivity contribution in [2.24, 2.45) is 0 Å². The van der Waals surface area contributed by atoms with Crippen molar-refractivity contribution in [2.75, 3.05) is 24.2 Å². The van der Waals surface area contributed by atoms with E-state index in [1.165, 1.54) is 24.1 Å². The molecule has 4 rings (SSSR count). The van der Waals surface area contributed by atoms with Crippen molar-refractivity contribution in [3.63, 3.8) is 0 Å². The molecule has 11 heteroatoms. The van der Waals surface area contributed by atoms with Gasteiger partial charge in [-0.3, -0.25) is 13.9 Å². The Morgan fingerprint density at radius 1 is 1.02 bits per heavy atom. The Hall–Kier alpha value is -3.08. The first-order chi connectivity index (χ1) is 20.0.